The lowest BCUT2D eigenvalue weighted by Crippen LogP contribution is -2.19. The fourth-order valence-electron chi connectivity index (χ4n) is 3.20. The Kier molecular flexibility index (Phi) is 18.9. The Morgan fingerprint density at radius 1 is 0.630 bits per heavy atom. The first-order chi connectivity index (χ1) is 13.1. The van der Waals surface area contributed by atoms with Crippen molar-refractivity contribution in [3.8, 4) is 0 Å². The largest absolute Gasteiger partial charge is 0.466 e. The Morgan fingerprint density at radius 2 is 1.11 bits per heavy atom. The Balaban J connectivity index is 3.51. The minimum Gasteiger partial charge on any atom is -0.466 e. The van der Waals surface area contributed by atoms with Gasteiger partial charge in [-0.15, -0.1) is 0 Å². The quantitative estimate of drug-likeness (QED) is 0.183. The van der Waals surface area contributed by atoms with E-state index in [1.165, 1.54) is 51.4 Å². The van der Waals surface area contributed by atoms with Crippen LogP contribution < -0.4 is 0 Å². The van der Waals surface area contributed by atoms with E-state index in [1.54, 1.807) is 0 Å². The first kappa shape index (κ1) is 25.9. The molecule has 0 N–H and O–H groups in total. The molecule has 0 aliphatic heterocycles. The predicted molar refractivity (Wildman–Crippen MR) is 112 cm³/mol. The van der Waals surface area contributed by atoms with Crippen LogP contribution in [0.3, 0.4) is 0 Å². The molecule has 0 atom stereocenters. The zero-order chi connectivity index (χ0) is 20.2. The zero-order valence-corrected chi connectivity index (χ0v) is 18.2. The summed E-state index contributed by atoms with van der Waals surface area (Å²) in [6, 6.07) is 0. The van der Waals surface area contributed by atoms with Gasteiger partial charge in [0, 0.05) is 0 Å². The monoisotopic (exact) mass is 384 g/mol. The van der Waals surface area contributed by atoms with Crippen molar-refractivity contribution in [2.45, 2.75) is 130 Å². The molecule has 0 unspecified atom stereocenters. The SMILES string of the molecule is CCCCCCCCCCCCOC(=O)CCC(=O)OC(CCC)CCC. The van der Waals surface area contributed by atoms with Gasteiger partial charge in [-0.05, 0) is 19.3 Å². The number of unbranched alkanes of at least 4 members (excludes halogenated alkanes) is 9. The summed E-state index contributed by atoms with van der Waals surface area (Å²) in [5.74, 6) is -0.566. The molecule has 0 amide bonds. The van der Waals surface area contributed by atoms with E-state index in [2.05, 4.69) is 20.8 Å². The van der Waals surface area contributed by atoms with Crippen LogP contribution in [0.4, 0.5) is 0 Å². The van der Waals surface area contributed by atoms with Crippen molar-refractivity contribution in [1.82, 2.24) is 0 Å². The fraction of sp³-hybridized carbons (Fsp3) is 0.913. The summed E-state index contributed by atoms with van der Waals surface area (Å²) in [4.78, 5) is 23.6. The number of rotatable bonds is 19. The zero-order valence-electron chi connectivity index (χ0n) is 18.2. The van der Waals surface area contributed by atoms with E-state index in [4.69, 9.17) is 9.47 Å². The molecule has 0 heterocycles. The van der Waals surface area contributed by atoms with Gasteiger partial charge in [0.05, 0.1) is 19.4 Å². The van der Waals surface area contributed by atoms with Crippen molar-refractivity contribution in [3.63, 3.8) is 0 Å². The van der Waals surface area contributed by atoms with Crippen LogP contribution in [0.5, 0.6) is 0 Å². The lowest BCUT2D eigenvalue weighted by molar-refractivity contribution is -0.154. The minimum absolute atomic E-state index is 0.00448. The number of hydrogen-bond donors (Lipinski definition) is 0. The van der Waals surface area contributed by atoms with E-state index < -0.39 is 0 Å². The molecule has 4 nitrogen and oxygen atoms in total. The van der Waals surface area contributed by atoms with Crippen molar-refractivity contribution in [2.24, 2.45) is 0 Å². The molecule has 4 heteroatoms. The first-order valence-electron chi connectivity index (χ1n) is 11.5. The van der Waals surface area contributed by atoms with Gasteiger partial charge in [-0.2, -0.15) is 0 Å². The molecule has 160 valence electrons. The van der Waals surface area contributed by atoms with Crippen molar-refractivity contribution in [1.29, 1.82) is 0 Å². The number of hydrogen-bond acceptors (Lipinski definition) is 4. The molecule has 0 saturated heterocycles. The van der Waals surface area contributed by atoms with Crippen LogP contribution in [-0.2, 0) is 19.1 Å². The molecule has 0 aliphatic carbocycles. The number of carbonyl (C=O) groups is 2. The third kappa shape index (κ3) is 18.1. The van der Waals surface area contributed by atoms with E-state index in [0.717, 1.165) is 38.5 Å². The Hall–Kier alpha value is -1.06. The van der Waals surface area contributed by atoms with E-state index in [9.17, 15) is 9.59 Å². The third-order valence-electron chi connectivity index (χ3n) is 4.81. The Morgan fingerprint density at radius 3 is 1.63 bits per heavy atom. The summed E-state index contributed by atoms with van der Waals surface area (Å²) >= 11 is 0. The topological polar surface area (TPSA) is 52.6 Å². The van der Waals surface area contributed by atoms with Crippen molar-refractivity contribution >= 4 is 11.9 Å². The van der Waals surface area contributed by atoms with Gasteiger partial charge in [-0.1, -0.05) is 91.4 Å². The average Bonchev–Trinajstić information content (AvgIpc) is 2.65. The Labute approximate surface area is 167 Å². The van der Waals surface area contributed by atoms with Crippen LogP contribution >= 0.6 is 0 Å². The summed E-state index contributed by atoms with van der Waals surface area (Å²) in [5, 5.41) is 0. The second kappa shape index (κ2) is 19.7. The second-order valence-electron chi connectivity index (χ2n) is 7.59. The molecule has 0 aromatic heterocycles. The minimum atomic E-state index is -0.287. The highest BCUT2D eigenvalue weighted by Crippen LogP contribution is 2.12. The molecule has 0 rings (SSSR count). The van der Waals surface area contributed by atoms with Crippen LogP contribution in [0.15, 0.2) is 0 Å². The molecule has 0 radical (unpaired) electrons. The molecule has 0 saturated carbocycles. The molecule has 0 fully saturated rings. The average molecular weight is 385 g/mol. The molecule has 0 aromatic carbocycles. The second-order valence-corrected chi connectivity index (χ2v) is 7.59. The van der Waals surface area contributed by atoms with E-state index >= 15 is 0 Å². The molecule has 27 heavy (non-hydrogen) atoms. The van der Waals surface area contributed by atoms with E-state index in [-0.39, 0.29) is 30.9 Å². The summed E-state index contributed by atoms with van der Waals surface area (Å²) in [6.45, 7) is 6.89. The van der Waals surface area contributed by atoms with Gasteiger partial charge in [0.15, 0.2) is 0 Å². The van der Waals surface area contributed by atoms with Gasteiger partial charge in [-0.25, -0.2) is 0 Å². The first-order valence-corrected chi connectivity index (χ1v) is 11.5. The predicted octanol–water partition coefficient (Wildman–Crippen LogP) is 6.74. The normalized spacial score (nSPS) is 11.0. The molecular weight excluding hydrogens is 340 g/mol. The molecule has 0 spiro atoms. The molecule has 0 aliphatic rings. The molecule has 0 bridgehead atoms. The highest BCUT2D eigenvalue weighted by Gasteiger charge is 2.14. The molecular formula is C23H44O4. The van der Waals surface area contributed by atoms with Crippen LogP contribution in [0, 0.1) is 0 Å². The Bertz CT molecular complexity index is 348. The van der Waals surface area contributed by atoms with Crippen LogP contribution in [0.1, 0.15) is 124 Å². The lowest BCUT2D eigenvalue weighted by atomic mass is 10.1. The lowest BCUT2D eigenvalue weighted by Gasteiger charge is -2.16. The third-order valence-corrected chi connectivity index (χ3v) is 4.81. The van der Waals surface area contributed by atoms with Gasteiger partial charge < -0.3 is 9.47 Å². The fourth-order valence-corrected chi connectivity index (χ4v) is 3.20. The maximum Gasteiger partial charge on any atom is 0.306 e. The smallest absolute Gasteiger partial charge is 0.306 e. The van der Waals surface area contributed by atoms with Gasteiger partial charge >= 0.3 is 11.9 Å². The van der Waals surface area contributed by atoms with Crippen molar-refractivity contribution in [3.05, 3.63) is 0 Å². The van der Waals surface area contributed by atoms with E-state index in [0.29, 0.717) is 6.61 Å². The van der Waals surface area contributed by atoms with Gasteiger partial charge in [0.2, 0.25) is 0 Å². The van der Waals surface area contributed by atoms with Crippen LogP contribution in [-0.4, -0.2) is 24.6 Å². The maximum absolute atomic E-state index is 11.8. The number of carbonyl (C=O) groups excluding carboxylic acids is 2. The highest BCUT2D eigenvalue weighted by atomic mass is 16.5. The van der Waals surface area contributed by atoms with Crippen LogP contribution in [0.2, 0.25) is 0 Å². The summed E-state index contributed by atoms with van der Waals surface area (Å²) in [5.41, 5.74) is 0. The summed E-state index contributed by atoms with van der Waals surface area (Å²) in [6.07, 6.45) is 16.6. The number of ether oxygens (including phenoxy) is 2. The van der Waals surface area contributed by atoms with Gasteiger partial charge in [0.1, 0.15) is 6.10 Å². The number of esters is 2. The highest BCUT2D eigenvalue weighted by molar-refractivity contribution is 5.77. The maximum atomic E-state index is 11.8. The van der Waals surface area contributed by atoms with E-state index in [1.807, 2.05) is 0 Å². The summed E-state index contributed by atoms with van der Waals surface area (Å²) < 4.78 is 10.7. The van der Waals surface area contributed by atoms with Crippen LogP contribution in [0.25, 0.3) is 0 Å². The summed E-state index contributed by atoms with van der Waals surface area (Å²) in [7, 11) is 0. The van der Waals surface area contributed by atoms with Crippen molar-refractivity contribution < 1.29 is 19.1 Å². The standard InChI is InChI=1S/C23H44O4/c1-4-7-8-9-10-11-12-13-14-15-20-26-22(24)18-19-23(25)27-21(16-5-2)17-6-3/h21H,4-20H2,1-3H3. The van der Waals surface area contributed by atoms with Crippen molar-refractivity contribution in [2.75, 3.05) is 6.61 Å². The molecule has 0 aromatic rings. The van der Waals surface area contributed by atoms with Gasteiger partial charge in [-0.3, -0.25) is 9.59 Å². The van der Waals surface area contributed by atoms with Gasteiger partial charge in [0.25, 0.3) is 0 Å².